The van der Waals surface area contributed by atoms with Crippen molar-refractivity contribution >= 4 is 11.8 Å². The van der Waals surface area contributed by atoms with Gasteiger partial charge >= 0.3 is 0 Å². The number of hydrogen-bond acceptors (Lipinski definition) is 2. The molecule has 0 saturated heterocycles. The molecule has 1 N–H and O–H groups in total. The highest BCUT2D eigenvalue weighted by molar-refractivity contribution is 7.99. The molecule has 80 valence electrons. The van der Waals surface area contributed by atoms with E-state index in [-0.39, 0.29) is 0 Å². The van der Waals surface area contributed by atoms with Gasteiger partial charge in [-0.3, -0.25) is 0 Å². The van der Waals surface area contributed by atoms with Gasteiger partial charge in [-0.1, -0.05) is 27.7 Å². The maximum absolute atomic E-state index is 3.50. The summed E-state index contributed by atoms with van der Waals surface area (Å²) < 4.78 is 0. The Hall–Kier alpha value is 0.310. The van der Waals surface area contributed by atoms with E-state index in [0.29, 0.717) is 0 Å². The molecule has 0 aromatic heterocycles. The van der Waals surface area contributed by atoms with Gasteiger partial charge in [0, 0.05) is 0 Å². The summed E-state index contributed by atoms with van der Waals surface area (Å²) in [6.07, 6.45) is 1.35. The molecule has 0 saturated carbocycles. The largest absolute Gasteiger partial charge is 0.316 e. The Morgan fingerprint density at radius 3 is 2.38 bits per heavy atom. The molecule has 0 spiro atoms. The van der Waals surface area contributed by atoms with Crippen molar-refractivity contribution in [1.29, 1.82) is 0 Å². The minimum absolute atomic E-state index is 0.775. The summed E-state index contributed by atoms with van der Waals surface area (Å²) in [6, 6.07) is 0. The molecule has 1 nitrogen and oxygen atoms in total. The Morgan fingerprint density at radius 2 is 1.85 bits per heavy atom. The average Bonchev–Trinajstić information content (AvgIpc) is 2.04. The van der Waals surface area contributed by atoms with Gasteiger partial charge in [-0.2, -0.15) is 11.8 Å². The maximum Gasteiger partial charge on any atom is -0.00227 e. The third-order valence-corrected chi connectivity index (χ3v) is 2.94. The second-order valence-corrected chi connectivity index (χ2v) is 5.54. The lowest BCUT2D eigenvalue weighted by Gasteiger charge is -2.13. The lowest BCUT2D eigenvalue weighted by atomic mass is 10.1. The van der Waals surface area contributed by atoms with E-state index in [2.05, 4.69) is 33.0 Å². The van der Waals surface area contributed by atoms with Gasteiger partial charge in [0.25, 0.3) is 0 Å². The molecule has 0 bridgehead atoms. The molecular formula is C11H25NS. The minimum Gasteiger partial charge on any atom is -0.316 e. The molecule has 0 aliphatic carbocycles. The summed E-state index contributed by atoms with van der Waals surface area (Å²) >= 11 is 2.05. The first-order valence-electron chi connectivity index (χ1n) is 5.45. The quantitative estimate of drug-likeness (QED) is 0.609. The van der Waals surface area contributed by atoms with Gasteiger partial charge in [-0.25, -0.2) is 0 Å². The van der Waals surface area contributed by atoms with Crippen LogP contribution in [-0.4, -0.2) is 24.6 Å². The highest BCUT2D eigenvalue weighted by Crippen LogP contribution is 2.08. The van der Waals surface area contributed by atoms with Crippen LogP contribution in [0.3, 0.4) is 0 Å². The molecule has 0 amide bonds. The van der Waals surface area contributed by atoms with Gasteiger partial charge in [0.1, 0.15) is 0 Å². The van der Waals surface area contributed by atoms with Gasteiger partial charge in [0.15, 0.2) is 0 Å². The predicted octanol–water partition coefficient (Wildman–Crippen LogP) is 3.01. The maximum atomic E-state index is 3.50. The molecular weight excluding hydrogens is 178 g/mol. The molecule has 0 aliphatic rings. The van der Waals surface area contributed by atoms with E-state index in [1.807, 2.05) is 11.8 Å². The molecule has 1 unspecified atom stereocenters. The SMILES string of the molecule is CCSCCC(C)CNCC(C)C. The fraction of sp³-hybridized carbons (Fsp3) is 1.00. The lowest BCUT2D eigenvalue weighted by molar-refractivity contribution is 0.468. The zero-order valence-corrected chi connectivity index (χ0v) is 10.4. The molecule has 0 aromatic carbocycles. The Bertz CT molecular complexity index is 104. The van der Waals surface area contributed by atoms with Crippen LogP contribution < -0.4 is 5.32 Å². The van der Waals surface area contributed by atoms with Gasteiger partial charge < -0.3 is 5.32 Å². The van der Waals surface area contributed by atoms with E-state index in [0.717, 1.165) is 18.4 Å². The summed E-state index contributed by atoms with van der Waals surface area (Å²) in [5, 5.41) is 3.50. The molecule has 0 aromatic rings. The standard InChI is InChI=1S/C11H25NS/c1-5-13-7-6-11(4)9-12-8-10(2)3/h10-12H,5-9H2,1-4H3. The molecule has 0 radical (unpaired) electrons. The monoisotopic (exact) mass is 203 g/mol. The van der Waals surface area contributed by atoms with E-state index in [4.69, 9.17) is 0 Å². The van der Waals surface area contributed by atoms with Crippen LogP contribution in [0.2, 0.25) is 0 Å². The van der Waals surface area contributed by atoms with Crippen LogP contribution >= 0.6 is 11.8 Å². The molecule has 0 rings (SSSR count). The number of rotatable bonds is 8. The van der Waals surface area contributed by atoms with Crippen LogP contribution in [0.25, 0.3) is 0 Å². The van der Waals surface area contributed by atoms with Gasteiger partial charge in [-0.05, 0) is 42.9 Å². The zero-order valence-electron chi connectivity index (χ0n) is 9.60. The van der Waals surface area contributed by atoms with Crippen molar-refractivity contribution in [2.45, 2.75) is 34.1 Å². The summed E-state index contributed by atoms with van der Waals surface area (Å²) in [6.45, 7) is 11.4. The zero-order chi connectivity index (χ0) is 10.1. The lowest BCUT2D eigenvalue weighted by Crippen LogP contribution is -2.25. The van der Waals surface area contributed by atoms with Crippen molar-refractivity contribution in [3.8, 4) is 0 Å². The van der Waals surface area contributed by atoms with E-state index in [9.17, 15) is 0 Å². The van der Waals surface area contributed by atoms with Crippen LogP contribution in [0.15, 0.2) is 0 Å². The van der Waals surface area contributed by atoms with Crippen molar-refractivity contribution in [3.63, 3.8) is 0 Å². The molecule has 2 heteroatoms. The summed E-state index contributed by atoms with van der Waals surface area (Å²) in [7, 11) is 0. The van der Waals surface area contributed by atoms with Crippen LogP contribution in [-0.2, 0) is 0 Å². The van der Waals surface area contributed by atoms with Crippen molar-refractivity contribution in [2.75, 3.05) is 24.6 Å². The highest BCUT2D eigenvalue weighted by atomic mass is 32.2. The topological polar surface area (TPSA) is 12.0 Å². The average molecular weight is 203 g/mol. The fourth-order valence-electron chi connectivity index (χ4n) is 1.15. The smallest absolute Gasteiger partial charge is 0.00227 e. The van der Waals surface area contributed by atoms with Gasteiger partial charge in [0.05, 0.1) is 0 Å². The first kappa shape index (κ1) is 13.3. The molecule has 1 atom stereocenters. The molecule has 0 heterocycles. The Kier molecular flexibility index (Phi) is 9.10. The molecule has 13 heavy (non-hydrogen) atoms. The third-order valence-electron chi connectivity index (χ3n) is 2.00. The number of nitrogens with one attached hydrogen (secondary N) is 1. The summed E-state index contributed by atoms with van der Waals surface area (Å²) in [5.74, 6) is 4.18. The third kappa shape index (κ3) is 10.2. The number of hydrogen-bond donors (Lipinski definition) is 1. The van der Waals surface area contributed by atoms with E-state index >= 15 is 0 Å². The highest BCUT2D eigenvalue weighted by Gasteiger charge is 2.01. The number of thioether (sulfide) groups is 1. The molecule has 0 fully saturated rings. The van der Waals surface area contributed by atoms with Gasteiger partial charge in [0.2, 0.25) is 0 Å². The first-order chi connectivity index (χ1) is 6.16. The second kappa shape index (κ2) is 8.89. The summed E-state index contributed by atoms with van der Waals surface area (Å²) in [5.41, 5.74) is 0. The van der Waals surface area contributed by atoms with Crippen molar-refractivity contribution < 1.29 is 0 Å². The van der Waals surface area contributed by atoms with Crippen molar-refractivity contribution in [2.24, 2.45) is 11.8 Å². The molecule has 0 aliphatic heterocycles. The summed E-state index contributed by atoms with van der Waals surface area (Å²) in [4.78, 5) is 0. The van der Waals surface area contributed by atoms with Gasteiger partial charge in [-0.15, -0.1) is 0 Å². The van der Waals surface area contributed by atoms with Crippen molar-refractivity contribution in [3.05, 3.63) is 0 Å². The van der Waals surface area contributed by atoms with Crippen LogP contribution in [0.4, 0.5) is 0 Å². The second-order valence-electron chi connectivity index (χ2n) is 4.14. The van der Waals surface area contributed by atoms with Crippen LogP contribution in [0.1, 0.15) is 34.1 Å². The van der Waals surface area contributed by atoms with Crippen LogP contribution in [0, 0.1) is 11.8 Å². The Morgan fingerprint density at radius 1 is 1.15 bits per heavy atom. The predicted molar refractivity (Wildman–Crippen MR) is 64.5 cm³/mol. The minimum atomic E-state index is 0.775. The fourth-order valence-corrected chi connectivity index (χ4v) is 2.01. The first-order valence-corrected chi connectivity index (χ1v) is 6.60. The van der Waals surface area contributed by atoms with Crippen molar-refractivity contribution in [1.82, 2.24) is 5.32 Å². The van der Waals surface area contributed by atoms with E-state index in [1.165, 1.54) is 24.5 Å². The van der Waals surface area contributed by atoms with E-state index in [1.54, 1.807) is 0 Å². The Balaban J connectivity index is 3.15. The normalized spacial score (nSPS) is 13.6. The van der Waals surface area contributed by atoms with E-state index < -0.39 is 0 Å². The van der Waals surface area contributed by atoms with Crippen LogP contribution in [0.5, 0.6) is 0 Å². The Labute approximate surface area is 88.1 Å².